The zero-order valence-electron chi connectivity index (χ0n) is 12.2. The van der Waals surface area contributed by atoms with Crippen LogP contribution in [0.5, 0.6) is 0 Å². The second kappa shape index (κ2) is 6.39. The van der Waals surface area contributed by atoms with Gasteiger partial charge < -0.3 is 15.1 Å². The lowest BCUT2D eigenvalue weighted by atomic mass is 10.2. The zero-order valence-corrected chi connectivity index (χ0v) is 12.2. The van der Waals surface area contributed by atoms with E-state index in [1.165, 1.54) is 5.69 Å². The van der Waals surface area contributed by atoms with E-state index in [0.29, 0.717) is 0 Å². The molecule has 2 aromatic rings. The van der Waals surface area contributed by atoms with Gasteiger partial charge in [-0.25, -0.2) is 15.0 Å². The maximum Gasteiger partial charge on any atom is 0.225 e. The Balaban J connectivity index is 1.64. The van der Waals surface area contributed by atoms with Gasteiger partial charge in [0.15, 0.2) is 0 Å². The Bertz CT molecular complexity index is 565. The number of hydrogen-bond donors (Lipinski definition) is 1. The van der Waals surface area contributed by atoms with Crippen LogP contribution in [0.15, 0.2) is 36.8 Å². The summed E-state index contributed by atoms with van der Waals surface area (Å²) in [4.78, 5) is 17.6. The molecule has 1 N–H and O–H groups in total. The molecule has 0 saturated carbocycles. The highest BCUT2D eigenvalue weighted by Crippen LogP contribution is 2.20. The van der Waals surface area contributed by atoms with E-state index in [9.17, 15) is 0 Å². The van der Waals surface area contributed by atoms with Gasteiger partial charge in [0.2, 0.25) is 5.95 Å². The average Bonchev–Trinajstić information content (AvgIpc) is 2.56. The second-order valence-corrected chi connectivity index (χ2v) is 4.95. The molecule has 1 fully saturated rings. The first-order valence-corrected chi connectivity index (χ1v) is 7.33. The van der Waals surface area contributed by atoms with Gasteiger partial charge in [-0.15, -0.1) is 0 Å². The molecule has 21 heavy (non-hydrogen) atoms. The van der Waals surface area contributed by atoms with Crippen molar-refractivity contribution in [2.75, 3.05) is 47.8 Å². The third kappa shape index (κ3) is 3.21. The Morgan fingerprint density at radius 1 is 1.00 bits per heavy atom. The summed E-state index contributed by atoms with van der Waals surface area (Å²) in [6.45, 7) is 6.76. The molecule has 1 saturated heterocycles. The molecule has 0 unspecified atom stereocenters. The van der Waals surface area contributed by atoms with Gasteiger partial charge in [-0.2, -0.15) is 0 Å². The van der Waals surface area contributed by atoms with Crippen molar-refractivity contribution in [3.8, 4) is 0 Å². The molecule has 0 radical (unpaired) electrons. The Labute approximate surface area is 124 Å². The number of anilines is 3. The number of pyridine rings is 1. The van der Waals surface area contributed by atoms with Gasteiger partial charge in [0.1, 0.15) is 5.82 Å². The van der Waals surface area contributed by atoms with E-state index in [4.69, 9.17) is 0 Å². The predicted octanol–water partition coefficient (Wildman–Crippen LogP) is 1.63. The van der Waals surface area contributed by atoms with Crippen LogP contribution in [0.1, 0.15) is 6.92 Å². The lowest BCUT2D eigenvalue weighted by Gasteiger charge is -2.36. The highest BCUT2D eigenvalue weighted by molar-refractivity contribution is 5.54. The lowest BCUT2D eigenvalue weighted by molar-refractivity contribution is 0.640. The maximum absolute atomic E-state index is 4.32. The van der Waals surface area contributed by atoms with Crippen molar-refractivity contribution in [1.29, 1.82) is 0 Å². The zero-order chi connectivity index (χ0) is 14.5. The lowest BCUT2D eigenvalue weighted by Crippen LogP contribution is -2.47. The summed E-state index contributed by atoms with van der Waals surface area (Å²) in [5.74, 6) is 1.75. The Hall–Kier alpha value is -2.37. The van der Waals surface area contributed by atoms with Crippen LogP contribution in [0.3, 0.4) is 0 Å². The van der Waals surface area contributed by atoms with Crippen LogP contribution in [0, 0.1) is 0 Å². The summed E-state index contributed by atoms with van der Waals surface area (Å²) in [5, 5.41) is 3.25. The van der Waals surface area contributed by atoms with Gasteiger partial charge in [0.25, 0.3) is 0 Å². The minimum atomic E-state index is 0.820. The molecule has 0 aromatic carbocycles. The smallest absolute Gasteiger partial charge is 0.225 e. The SMILES string of the molecule is CCNc1cc(N2CCN(c3ncccn3)CC2)ccn1. The number of rotatable bonds is 4. The molecule has 1 aliphatic rings. The van der Waals surface area contributed by atoms with Crippen molar-refractivity contribution >= 4 is 17.5 Å². The van der Waals surface area contributed by atoms with Crippen molar-refractivity contribution in [2.45, 2.75) is 6.92 Å². The summed E-state index contributed by atoms with van der Waals surface area (Å²) < 4.78 is 0. The minimum Gasteiger partial charge on any atom is -0.370 e. The fraction of sp³-hybridized carbons (Fsp3) is 0.400. The largest absolute Gasteiger partial charge is 0.370 e. The molecule has 6 heteroatoms. The second-order valence-electron chi connectivity index (χ2n) is 4.95. The van der Waals surface area contributed by atoms with Crippen LogP contribution in [0.25, 0.3) is 0 Å². The molecule has 6 nitrogen and oxygen atoms in total. The number of nitrogens with one attached hydrogen (secondary N) is 1. The normalized spacial score (nSPS) is 15.1. The van der Waals surface area contributed by atoms with Crippen LogP contribution >= 0.6 is 0 Å². The molecule has 0 bridgehead atoms. The van der Waals surface area contributed by atoms with E-state index in [1.54, 1.807) is 12.4 Å². The number of aromatic nitrogens is 3. The quantitative estimate of drug-likeness (QED) is 0.921. The first-order chi connectivity index (χ1) is 10.4. The molecule has 0 spiro atoms. The van der Waals surface area contributed by atoms with Gasteiger partial charge in [0.05, 0.1) is 0 Å². The van der Waals surface area contributed by atoms with Crippen molar-refractivity contribution < 1.29 is 0 Å². The molecule has 3 rings (SSSR count). The summed E-state index contributed by atoms with van der Waals surface area (Å²) in [6.07, 6.45) is 5.44. The van der Waals surface area contributed by atoms with Crippen LogP contribution in [-0.2, 0) is 0 Å². The van der Waals surface area contributed by atoms with E-state index in [2.05, 4.69) is 49.1 Å². The molecule has 0 aliphatic carbocycles. The van der Waals surface area contributed by atoms with Crippen molar-refractivity contribution in [2.24, 2.45) is 0 Å². The van der Waals surface area contributed by atoms with Gasteiger partial charge >= 0.3 is 0 Å². The number of hydrogen-bond acceptors (Lipinski definition) is 6. The summed E-state index contributed by atoms with van der Waals surface area (Å²) in [5.41, 5.74) is 1.22. The average molecular weight is 284 g/mol. The third-order valence-corrected chi connectivity index (χ3v) is 3.58. The molecule has 110 valence electrons. The molecule has 0 atom stereocenters. The summed E-state index contributed by atoms with van der Waals surface area (Å²) in [7, 11) is 0. The molecule has 2 aromatic heterocycles. The molecule has 1 aliphatic heterocycles. The van der Waals surface area contributed by atoms with E-state index in [1.807, 2.05) is 12.3 Å². The van der Waals surface area contributed by atoms with E-state index >= 15 is 0 Å². The summed E-state index contributed by atoms with van der Waals surface area (Å²) in [6, 6.07) is 6.02. The van der Waals surface area contributed by atoms with Crippen LogP contribution in [-0.4, -0.2) is 47.7 Å². The van der Waals surface area contributed by atoms with E-state index < -0.39 is 0 Å². The Morgan fingerprint density at radius 2 is 1.71 bits per heavy atom. The molecular formula is C15H20N6. The molecular weight excluding hydrogens is 264 g/mol. The topological polar surface area (TPSA) is 57.2 Å². The summed E-state index contributed by atoms with van der Waals surface area (Å²) >= 11 is 0. The minimum absolute atomic E-state index is 0.820. The van der Waals surface area contributed by atoms with Crippen molar-refractivity contribution in [3.05, 3.63) is 36.8 Å². The first-order valence-electron chi connectivity index (χ1n) is 7.33. The van der Waals surface area contributed by atoms with Gasteiger partial charge in [-0.1, -0.05) is 0 Å². The van der Waals surface area contributed by atoms with Gasteiger partial charge in [-0.05, 0) is 19.1 Å². The first kappa shape index (κ1) is 13.6. The monoisotopic (exact) mass is 284 g/mol. The van der Waals surface area contributed by atoms with Crippen molar-refractivity contribution in [3.63, 3.8) is 0 Å². The van der Waals surface area contributed by atoms with E-state index in [-0.39, 0.29) is 0 Å². The number of piperazine rings is 1. The molecule has 0 amide bonds. The fourth-order valence-corrected chi connectivity index (χ4v) is 2.51. The van der Waals surface area contributed by atoms with Crippen LogP contribution < -0.4 is 15.1 Å². The maximum atomic E-state index is 4.32. The number of nitrogens with zero attached hydrogens (tertiary/aromatic N) is 5. The predicted molar refractivity (Wildman–Crippen MR) is 84.9 cm³/mol. The standard InChI is InChI=1S/C15H20N6/c1-2-16-14-12-13(4-7-17-14)20-8-10-21(11-9-20)15-18-5-3-6-19-15/h3-7,12H,2,8-11H2,1H3,(H,16,17). The Morgan fingerprint density at radius 3 is 2.43 bits per heavy atom. The highest BCUT2D eigenvalue weighted by atomic mass is 15.3. The highest BCUT2D eigenvalue weighted by Gasteiger charge is 2.19. The van der Waals surface area contributed by atoms with Gasteiger partial charge in [0, 0.05) is 63.1 Å². The third-order valence-electron chi connectivity index (χ3n) is 3.58. The fourth-order valence-electron chi connectivity index (χ4n) is 2.51. The Kier molecular flexibility index (Phi) is 4.14. The van der Waals surface area contributed by atoms with Crippen LogP contribution in [0.4, 0.5) is 17.5 Å². The van der Waals surface area contributed by atoms with Crippen LogP contribution in [0.2, 0.25) is 0 Å². The van der Waals surface area contributed by atoms with Crippen molar-refractivity contribution in [1.82, 2.24) is 15.0 Å². The van der Waals surface area contributed by atoms with E-state index in [0.717, 1.165) is 44.5 Å². The molecule has 3 heterocycles. The van der Waals surface area contributed by atoms with Gasteiger partial charge in [-0.3, -0.25) is 0 Å².